The molecule has 0 radical (unpaired) electrons. The second-order valence-corrected chi connectivity index (χ2v) is 12.1. The number of benzene rings is 1. The quantitative estimate of drug-likeness (QED) is 0.559. The van der Waals surface area contributed by atoms with Crippen molar-refractivity contribution in [1.29, 1.82) is 0 Å². The lowest BCUT2D eigenvalue weighted by Gasteiger charge is -2.38. The Balaban J connectivity index is 1.59. The third-order valence-corrected chi connectivity index (χ3v) is 8.55. The van der Waals surface area contributed by atoms with Gasteiger partial charge in [0.2, 0.25) is 10.0 Å². The van der Waals surface area contributed by atoms with Crippen molar-refractivity contribution in [2.24, 2.45) is 5.41 Å². The summed E-state index contributed by atoms with van der Waals surface area (Å²) in [6.45, 7) is 7.45. The van der Waals surface area contributed by atoms with Gasteiger partial charge in [0.25, 0.3) is 0 Å². The number of esters is 1. The van der Waals surface area contributed by atoms with Crippen LogP contribution in [0.1, 0.15) is 40.0 Å². The highest BCUT2D eigenvalue weighted by molar-refractivity contribution is 7.89. The molecular formula is C24H37N3O7S. The first-order chi connectivity index (χ1) is 16.4. The van der Waals surface area contributed by atoms with Crippen LogP contribution in [0.4, 0.5) is 4.79 Å². The summed E-state index contributed by atoms with van der Waals surface area (Å²) in [7, 11) is -0.844. The topological polar surface area (TPSA) is 114 Å². The van der Waals surface area contributed by atoms with E-state index in [9.17, 15) is 18.0 Å². The van der Waals surface area contributed by atoms with Crippen molar-refractivity contribution >= 4 is 22.0 Å². The summed E-state index contributed by atoms with van der Waals surface area (Å²) in [6.07, 6.45) is 2.11. The predicted molar refractivity (Wildman–Crippen MR) is 130 cm³/mol. The van der Waals surface area contributed by atoms with Crippen molar-refractivity contribution in [3.05, 3.63) is 24.3 Å². The summed E-state index contributed by atoms with van der Waals surface area (Å²) in [4.78, 5) is 27.0. The molecule has 2 saturated heterocycles. The molecule has 1 spiro atoms. The number of hydrogen-bond donors (Lipinski definition) is 1. The fourth-order valence-corrected chi connectivity index (χ4v) is 5.99. The summed E-state index contributed by atoms with van der Waals surface area (Å²) < 4.78 is 43.4. The summed E-state index contributed by atoms with van der Waals surface area (Å²) in [5.74, 6) is -0.0669. The molecule has 1 N–H and O–H groups in total. The molecule has 1 aromatic rings. The number of hydrogen-bond acceptors (Lipinski definition) is 7. The van der Waals surface area contributed by atoms with E-state index in [4.69, 9.17) is 14.2 Å². The Labute approximate surface area is 207 Å². The van der Waals surface area contributed by atoms with E-state index in [2.05, 4.69) is 5.32 Å². The number of carbonyl (C=O) groups is 2. The van der Waals surface area contributed by atoms with E-state index in [1.165, 1.54) is 24.6 Å². The Morgan fingerprint density at radius 1 is 1.11 bits per heavy atom. The molecule has 0 saturated carbocycles. The first kappa shape index (κ1) is 27.2. The second kappa shape index (κ2) is 10.7. The lowest BCUT2D eigenvalue weighted by Crippen LogP contribution is -2.51. The monoisotopic (exact) mass is 511 g/mol. The van der Waals surface area contributed by atoms with Crippen LogP contribution in [0.3, 0.4) is 0 Å². The molecule has 35 heavy (non-hydrogen) atoms. The van der Waals surface area contributed by atoms with Crippen molar-refractivity contribution in [2.45, 2.75) is 56.6 Å². The zero-order valence-electron chi connectivity index (χ0n) is 21.2. The van der Waals surface area contributed by atoms with Gasteiger partial charge in [0.1, 0.15) is 5.75 Å². The number of carbonyl (C=O) groups excluding carboxylic acids is 2. The Hall–Kier alpha value is -2.37. The molecule has 1 atom stereocenters. The summed E-state index contributed by atoms with van der Waals surface area (Å²) >= 11 is 0. The molecular weight excluding hydrogens is 474 g/mol. The molecule has 10 nitrogen and oxygen atoms in total. The largest absolute Gasteiger partial charge is 0.497 e. The van der Waals surface area contributed by atoms with Gasteiger partial charge in [0, 0.05) is 32.2 Å². The highest BCUT2D eigenvalue weighted by atomic mass is 32.2. The number of urea groups is 1. The number of methoxy groups -OCH3 is 2. The molecule has 2 amide bonds. The van der Waals surface area contributed by atoms with Crippen LogP contribution in [0.25, 0.3) is 0 Å². The fourth-order valence-electron chi connectivity index (χ4n) is 4.51. The predicted octanol–water partition coefficient (Wildman–Crippen LogP) is 2.24. The van der Waals surface area contributed by atoms with Crippen LogP contribution in [0.5, 0.6) is 5.75 Å². The lowest BCUT2D eigenvalue weighted by molar-refractivity contribution is -0.146. The van der Waals surface area contributed by atoms with Crippen LogP contribution in [0, 0.1) is 5.41 Å². The molecule has 3 rings (SSSR count). The van der Waals surface area contributed by atoms with Crippen LogP contribution in [0.2, 0.25) is 0 Å². The standard InChI is InChI=1S/C24H37N3O7S/c1-23(2,3)34-16-20(21(28)33-5)25-22(29)26-12-9-24(17-26)10-13-27(14-11-24)35(30,31)19-8-6-7-18(15-19)32-4/h6-8,15,20H,9-14,16-17H2,1-5H3,(H,25,29). The van der Waals surface area contributed by atoms with E-state index in [0.717, 1.165) is 6.42 Å². The Morgan fingerprint density at radius 2 is 1.77 bits per heavy atom. The first-order valence-electron chi connectivity index (χ1n) is 11.8. The summed E-state index contributed by atoms with van der Waals surface area (Å²) in [5, 5.41) is 2.74. The summed E-state index contributed by atoms with van der Waals surface area (Å²) in [5.41, 5.74) is -0.603. The van der Waals surface area contributed by atoms with Crippen molar-refractivity contribution in [3.63, 3.8) is 0 Å². The second-order valence-electron chi connectivity index (χ2n) is 10.2. The molecule has 2 heterocycles. The van der Waals surface area contributed by atoms with Gasteiger partial charge in [-0.15, -0.1) is 0 Å². The van der Waals surface area contributed by atoms with Gasteiger partial charge in [-0.2, -0.15) is 4.31 Å². The average molecular weight is 512 g/mol. The van der Waals surface area contributed by atoms with Gasteiger partial charge in [-0.1, -0.05) is 6.07 Å². The van der Waals surface area contributed by atoms with Gasteiger partial charge in [-0.25, -0.2) is 18.0 Å². The van der Waals surface area contributed by atoms with Crippen LogP contribution in [0.15, 0.2) is 29.2 Å². The summed E-state index contributed by atoms with van der Waals surface area (Å²) in [6, 6.07) is 5.23. The minimum absolute atomic E-state index is 0.0119. The molecule has 1 unspecified atom stereocenters. The Kier molecular flexibility index (Phi) is 8.33. The number of nitrogens with one attached hydrogen (secondary N) is 1. The number of rotatable bonds is 7. The highest BCUT2D eigenvalue weighted by Crippen LogP contribution is 2.41. The average Bonchev–Trinajstić information content (AvgIpc) is 3.24. The first-order valence-corrected chi connectivity index (χ1v) is 13.2. The van der Waals surface area contributed by atoms with E-state index in [1.54, 1.807) is 23.1 Å². The SMILES string of the molecule is COC(=O)C(COC(C)(C)C)NC(=O)N1CCC2(CCN(S(=O)(=O)c3cccc(OC)c3)CC2)C1. The smallest absolute Gasteiger partial charge is 0.330 e. The van der Waals surface area contributed by atoms with Gasteiger partial charge in [-0.3, -0.25) is 0 Å². The van der Waals surface area contributed by atoms with Crippen molar-refractivity contribution in [1.82, 2.24) is 14.5 Å². The Morgan fingerprint density at radius 3 is 2.37 bits per heavy atom. The third kappa shape index (κ3) is 6.65. The van der Waals surface area contributed by atoms with Crippen molar-refractivity contribution in [2.75, 3.05) is 47.0 Å². The molecule has 11 heteroatoms. The van der Waals surface area contributed by atoms with Crippen molar-refractivity contribution in [3.8, 4) is 5.75 Å². The minimum Gasteiger partial charge on any atom is -0.497 e. The van der Waals surface area contributed by atoms with Gasteiger partial charge >= 0.3 is 12.0 Å². The van der Waals surface area contributed by atoms with Gasteiger partial charge in [0.05, 0.1) is 31.3 Å². The zero-order valence-corrected chi connectivity index (χ0v) is 22.0. The number of sulfonamides is 1. The van der Waals surface area contributed by atoms with Crippen LogP contribution in [-0.2, 0) is 24.3 Å². The maximum Gasteiger partial charge on any atom is 0.330 e. The molecule has 2 aliphatic heterocycles. The molecule has 0 bridgehead atoms. The van der Waals surface area contributed by atoms with Crippen LogP contribution >= 0.6 is 0 Å². The molecule has 196 valence electrons. The van der Waals surface area contributed by atoms with Gasteiger partial charge in [0.15, 0.2) is 6.04 Å². The van der Waals surface area contributed by atoms with Gasteiger partial charge < -0.3 is 24.4 Å². The molecule has 0 aromatic heterocycles. The Bertz CT molecular complexity index is 1010. The molecule has 2 aliphatic rings. The normalized spacial score (nSPS) is 19.4. The number of nitrogens with zero attached hydrogens (tertiary/aromatic N) is 2. The lowest BCUT2D eigenvalue weighted by atomic mass is 9.78. The zero-order chi connectivity index (χ0) is 25.9. The van der Waals surface area contributed by atoms with E-state index in [1.807, 2.05) is 20.8 Å². The number of likely N-dealkylation sites (tertiary alicyclic amines) is 1. The molecule has 0 aliphatic carbocycles. The number of amides is 2. The van der Waals surface area contributed by atoms with Crippen LogP contribution < -0.4 is 10.1 Å². The van der Waals surface area contributed by atoms with Gasteiger partial charge in [-0.05, 0) is 57.6 Å². The van der Waals surface area contributed by atoms with E-state index < -0.39 is 27.6 Å². The molecule has 1 aromatic carbocycles. The maximum atomic E-state index is 13.1. The van der Waals surface area contributed by atoms with E-state index in [0.29, 0.717) is 44.8 Å². The van der Waals surface area contributed by atoms with E-state index >= 15 is 0 Å². The number of ether oxygens (including phenoxy) is 3. The highest BCUT2D eigenvalue weighted by Gasteiger charge is 2.44. The molecule has 2 fully saturated rings. The maximum absolute atomic E-state index is 13.1. The van der Waals surface area contributed by atoms with Crippen LogP contribution in [-0.4, -0.2) is 88.3 Å². The third-order valence-electron chi connectivity index (χ3n) is 6.65. The van der Waals surface area contributed by atoms with Crippen molar-refractivity contribution < 1.29 is 32.2 Å². The van der Waals surface area contributed by atoms with E-state index in [-0.39, 0.29) is 22.9 Å². The number of piperidine rings is 1. The minimum atomic E-state index is -3.62. The fraction of sp³-hybridized carbons (Fsp3) is 0.667.